The van der Waals surface area contributed by atoms with E-state index in [4.69, 9.17) is 31.0 Å². The van der Waals surface area contributed by atoms with Crippen LogP contribution in [0.4, 0.5) is 11.4 Å². The number of amidine groups is 2. The summed E-state index contributed by atoms with van der Waals surface area (Å²) in [6.45, 7) is 3.62. The van der Waals surface area contributed by atoms with Crippen LogP contribution in [0, 0.1) is 10.8 Å². The molecule has 7 N–H and O–H groups in total. The molecule has 7 rings (SSSR count). The number of carbonyl (C=O) groups is 3. The Morgan fingerprint density at radius 3 is 2.17 bits per heavy atom. The average Bonchev–Trinajstić information content (AvgIpc) is 3.68. The van der Waals surface area contributed by atoms with Crippen molar-refractivity contribution < 1.29 is 29.0 Å². The van der Waals surface area contributed by atoms with Crippen LogP contribution < -0.4 is 25.4 Å². The van der Waals surface area contributed by atoms with Gasteiger partial charge in [-0.3, -0.25) is 25.3 Å². The van der Waals surface area contributed by atoms with Gasteiger partial charge in [-0.1, -0.05) is 30.3 Å². The highest BCUT2D eigenvalue weighted by Gasteiger charge is 2.33. The minimum absolute atomic E-state index is 0.0159. The molecule has 6 aromatic rings. The largest absolute Gasteiger partial charge is 0.490 e. The lowest BCUT2D eigenvalue weighted by molar-refractivity contribution is -0.116. The summed E-state index contributed by atoms with van der Waals surface area (Å²) in [5.74, 6) is -0.128. The van der Waals surface area contributed by atoms with Crippen LogP contribution >= 0.6 is 0 Å². The lowest BCUT2D eigenvalue weighted by atomic mass is 10.0. The Kier molecular flexibility index (Phi) is 12.0. The zero-order valence-electron chi connectivity index (χ0n) is 32.4. The number of likely N-dealkylation sites (tertiary alicyclic amines) is 1. The third-order valence-electron chi connectivity index (χ3n) is 10.1. The van der Waals surface area contributed by atoms with Gasteiger partial charge < -0.3 is 35.5 Å². The lowest BCUT2D eigenvalue weighted by Gasteiger charge is -2.33. The van der Waals surface area contributed by atoms with E-state index < -0.39 is 23.8 Å². The number of nitrogens with zero attached hydrogens (tertiary/aromatic N) is 3. The second kappa shape index (κ2) is 17.8. The fraction of sp³-hybridized carbons (Fsp3) is 0.200. The summed E-state index contributed by atoms with van der Waals surface area (Å²) in [7, 11) is 0. The highest BCUT2D eigenvalue weighted by molar-refractivity contribution is 6.08. The Morgan fingerprint density at radius 1 is 0.881 bits per heavy atom. The first-order valence-corrected chi connectivity index (χ1v) is 19.1. The van der Waals surface area contributed by atoms with Gasteiger partial charge in [-0.05, 0) is 103 Å². The molecule has 0 radical (unpaired) electrons. The molecule has 0 spiro atoms. The van der Waals surface area contributed by atoms with E-state index in [1.165, 1.54) is 29.2 Å². The van der Waals surface area contributed by atoms with Gasteiger partial charge in [0, 0.05) is 48.4 Å². The van der Waals surface area contributed by atoms with Crippen molar-refractivity contribution in [2.75, 3.05) is 23.3 Å². The van der Waals surface area contributed by atoms with Crippen molar-refractivity contribution in [2.45, 2.75) is 44.9 Å². The number of fused-ring (bicyclic) bond motifs is 1. The van der Waals surface area contributed by atoms with Crippen molar-refractivity contribution in [3.05, 3.63) is 149 Å². The lowest BCUT2D eigenvalue weighted by Crippen LogP contribution is -2.40. The average molecular weight is 793 g/mol. The highest BCUT2D eigenvalue weighted by atomic mass is 16.5. The second-order valence-corrected chi connectivity index (χ2v) is 14.3. The quantitative estimate of drug-likeness (QED) is 0.0479. The van der Waals surface area contributed by atoms with Crippen LogP contribution in [0.25, 0.3) is 11.0 Å². The molecule has 1 aliphatic heterocycles. The monoisotopic (exact) mass is 792 g/mol. The number of amides is 2. The SMILES string of the molecule is CC(=N)N1CCC(Oc2ccc(N(C(=O)c3ccc(C(=O)O)cc3)C(CC(=O)Nc3ccc(OCc4ccccc4)cc3)c3nc4ccc(C(=N)N)cc4[nH]3)cc2)CC1. The second-order valence-electron chi connectivity index (χ2n) is 14.3. The molecule has 1 aromatic heterocycles. The number of H-pyrrole nitrogens is 1. The van der Waals surface area contributed by atoms with Gasteiger partial charge in [-0.2, -0.15) is 0 Å². The maximum absolute atomic E-state index is 14.7. The molecule has 14 nitrogen and oxygen atoms in total. The van der Waals surface area contributed by atoms with Crippen LogP contribution in [0.15, 0.2) is 121 Å². The number of imidazole rings is 1. The molecule has 0 saturated carbocycles. The molecule has 0 aliphatic carbocycles. The van der Waals surface area contributed by atoms with E-state index in [1.807, 2.05) is 35.2 Å². The topological polar surface area (TPSA) is 211 Å². The van der Waals surface area contributed by atoms with E-state index in [0.717, 1.165) is 31.5 Å². The van der Waals surface area contributed by atoms with Gasteiger partial charge in [0.05, 0.1) is 28.9 Å². The number of rotatable bonds is 14. The van der Waals surface area contributed by atoms with E-state index in [2.05, 4.69) is 10.3 Å². The van der Waals surface area contributed by atoms with Gasteiger partial charge in [0.1, 0.15) is 41.9 Å². The Hall–Kier alpha value is -7.48. The standard InChI is InChI=1S/C45H44N8O6/c1-28(46)52-23-21-37(22-24-52)59-36-18-14-34(15-19-36)53(44(55)30-7-9-31(10-8-30)45(56)57)40(43-50-38-20-11-32(42(47)48)25-39(38)51-43)26-41(54)49-33-12-16-35(17-13-33)58-27-29-5-3-2-4-6-29/h2-20,25,37,40,46H,21-24,26-27H2,1H3,(H3,47,48)(H,49,54)(H,50,51)(H,56,57). The number of nitrogens with one attached hydrogen (secondary N) is 4. The van der Waals surface area contributed by atoms with Gasteiger partial charge in [0.15, 0.2) is 0 Å². The Bertz CT molecular complexity index is 2460. The minimum atomic E-state index is -1.13. The van der Waals surface area contributed by atoms with Crippen LogP contribution in [0.3, 0.4) is 0 Å². The number of nitrogens with two attached hydrogens (primary N) is 1. The fourth-order valence-electron chi connectivity index (χ4n) is 6.95. The zero-order chi connectivity index (χ0) is 41.5. The zero-order valence-corrected chi connectivity index (χ0v) is 32.4. The summed E-state index contributed by atoms with van der Waals surface area (Å²) in [4.78, 5) is 52.0. The number of nitrogen functional groups attached to an aromatic ring is 1. The molecular formula is C45H44N8O6. The van der Waals surface area contributed by atoms with Crippen molar-refractivity contribution >= 4 is 51.9 Å². The van der Waals surface area contributed by atoms with Crippen molar-refractivity contribution in [1.82, 2.24) is 14.9 Å². The summed E-state index contributed by atoms with van der Waals surface area (Å²) in [6.07, 6.45) is 1.23. The molecule has 2 heterocycles. The number of ether oxygens (including phenoxy) is 2. The molecule has 5 aromatic carbocycles. The molecule has 1 atom stereocenters. The molecule has 300 valence electrons. The van der Waals surface area contributed by atoms with Crippen LogP contribution in [-0.4, -0.2) is 68.6 Å². The van der Waals surface area contributed by atoms with Crippen LogP contribution in [0.5, 0.6) is 11.5 Å². The van der Waals surface area contributed by atoms with E-state index in [9.17, 15) is 19.5 Å². The highest BCUT2D eigenvalue weighted by Crippen LogP contribution is 2.34. The van der Waals surface area contributed by atoms with Crippen molar-refractivity contribution in [2.24, 2.45) is 5.73 Å². The van der Waals surface area contributed by atoms with Gasteiger partial charge in [-0.15, -0.1) is 0 Å². The molecule has 1 aliphatic rings. The van der Waals surface area contributed by atoms with Crippen molar-refractivity contribution in [3.8, 4) is 11.5 Å². The predicted octanol–water partition coefficient (Wildman–Crippen LogP) is 7.38. The number of anilines is 2. The first-order valence-electron chi connectivity index (χ1n) is 19.1. The molecule has 1 saturated heterocycles. The predicted molar refractivity (Wildman–Crippen MR) is 226 cm³/mol. The first-order chi connectivity index (χ1) is 28.5. The van der Waals surface area contributed by atoms with Crippen LogP contribution in [0.2, 0.25) is 0 Å². The number of hydrogen-bond donors (Lipinski definition) is 6. The van der Waals surface area contributed by atoms with Crippen molar-refractivity contribution in [3.63, 3.8) is 0 Å². The van der Waals surface area contributed by atoms with E-state index >= 15 is 0 Å². The Morgan fingerprint density at radius 2 is 1.53 bits per heavy atom. The molecule has 0 bridgehead atoms. The summed E-state index contributed by atoms with van der Waals surface area (Å²) in [5, 5.41) is 28.4. The summed E-state index contributed by atoms with van der Waals surface area (Å²) < 4.78 is 12.2. The number of aromatic amines is 1. The number of carbonyl (C=O) groups excluding carboxylic acids is 2. The number of carboxylic acid groups (broad SMARTS) is 1. The molecule has 1 fully saturated rings. The van der Waals surface area contributed by atoms with Crippen molar-refractivity contribution in [1.29, 1.82) is 10.8 Å². The van der Waals surface area contributed by atoms with Gasteiger partial charge in [0.25, 0.3) is 5.91 Å². The molecule has 14 heteroatoms. The number of hydrogen-bond acceptors (Lipinski definition) is 8. The van der Waals surface area contributed by atoms with Crippen LogP contribution in [0.1, 0.15) is 69.9 Å². The minimum Gasteiger partial charge on any atom is -0.490 e. The van der Waals surface area contributed by atoms with E-state index in [-0.39, 0.29) is 29.5 Å². The number of benzene rings is 5. The Balaban J connectivity index is 1.20. The first kappa shape index (κ1) is 39.7. The Labute approximate surface area is 340 Å². The summed E-state index contributed by atoms with van der Waals surface area (Å²) in [5.41, 5.74) is 9.52. The normalized spacial score (nSPS) is 13.3. The maximum atomic E-state index is 14.7. The summed E-state index contributed by atoms with van der Waals surface area (Å²) in [6, 6.07) is 33.5. The van der Waals surface area contributed by atoms with E-state index in [0.29, 0.717) is 57.7 Å². The smallest absolute Gasteiger partial charge is 0.335 e. The number of aromatic nitrogens is 2. The number of aromatic carboxylic acids is 1. The number of piperidine rings is 1. The molecule has 59 heavy (non-hydrogen) atoms. The van der Waals surface area contributed by atoms with E-state index in [1.54, 1.807) is 73.7 Å². The third-order valence-corrected chi connectivity index (χ3v) is 10.1. The van der Waals surface area contributed by atoms with Gasteiger partial charge >= 0.3 is 5.97 Å². The fourth-order valence-corrected chi connectivity index (χ4v) is 6.95. The molecular weight excluding hydrogens is 749 g/mol. The third kappa shape index (κ3) is 9.74. The summed E-state index contributed by atoms with van der Waals surface area (Å²) >= 11 is 0. The molecule has 2 amide bonds. The molecule has 1 unspecified atom stereocenters. The maximum Gasteiger partial charge on any atom is 0.335 e. The number of carboxylic acids is 1. The van der Waals surface area contributed by atoms with Gasteiger partial charge in [0.2, 0.25) is 5.91 Å². The van der Waals surface area contributed by atoms with Crippen LogP contribution in [-0.2, 0) is 11.4 Å². The van der Waals surface area contributed by atoms with Gasteiger partial charge in [-0.25, -0.2) is 9.78 Å².